The van der Waals surface area contributed by atoms with Gasteiger partial charge < -0.3 is 11.5 Å². The summed E-state index contributed by atoms with van der Waals surface area (Å²) >= 11 is 0. The Morgan fingerprint density at radius 3 is 2.65 bits per heavy atom. The van der Waals surface area contributed by atoms with E-state index in [0.717, 1.165) is 84.3 Å². The van der Waals surface area contributed by atoms with Gasteiger partial charge in [0.1, 0.15) is 22.9 Å². The van der Waals surface area contributed by atoms with Crippen molar-refractivity contribution >= 4 is 27.8 Å². The predicted molar refractivity (Wildman–Crippen MR) is 138 cm³/mol. The molecule has 2 aliphatic rings. The van der Waals surface area contributed by atoms with Gasteiger partial charge in [0.2, 0.25) is 0 Å². The van der Waals surface area contributed by atoms with Crippen LogP contribution in [0.5, 0.6) is 0 Å². The maximum Gasteiger partial charge on any atom is 0.150 e. The monoisotopic (exact) mass is 450 g/mol. The van der Waals surface area contributed by atoms with Gasteiger partial charge in [-0.3, -0.25) is 4.40 Å². The van der Waals surface area contributed by atoms with Crippen LogP contribution in [0, 0.1) is 5.92 Å². The van der Waals surface area contributed by atoms with E-state index >= 15 is 0 Å². The Hall–Kier alpha value is -3.51. The van der Waals surface area contributed by atoms with Gasteiger partial charge in [0, 0.05) is 29.3 Å². The number of imidazole rings is 1. The van der Waals surface area contributed by atoms with Crippen LogP contribution in [0.1, 0.15) is 56.0 Å². The first-order valence-corrected chi connectivity index (χ1v) is 12.3. The SMILES string of the molecule is NCC1CCC(c2nc(-c3ccc4ccc(C5=CCCC=C5)nc4c3)c3c(N)nccn23)CC1. The van der Waals surface area contributed by atoms with E-state index in [-0.39, 0.29) is 0 Å². The Balaban J connectivity index is 1.45. The number of benzene rings is 1. The molecule has 0 spiro atoms. The molecule has 4 N–H and O–H groups in total. The normalized spacial score (nSPS) is 20.7. The number of aromatic nitrogens is 4. The highest BCUT2D eigenvalue weighted by molar-refractivity contribution is 5.91. The molecule has 0 amide bonds. The fraction of sp³-hybridized carbons (Fsp3) is 0.321. The van der Waals surface area contributed by atoms with Gasteiger partial charge >= 0.3 is 0 Å². The number of nitrogens with two attached hydrogens (primary N) is 2. The molecule has 0 atom stereocenters. The Morgan fingerprint density at radius 2 is 1.85 bits per heavy atom. The molecule has 0 radical (unpaired) electrons. The zero-order chi connectivity index (χ0) is 23.1. The second kappa shape index (κ2) is 8.69. The van der Waals surface area contributed by atoms with Crippen molar-refractivity contribution in [2.75, 3.05) is 12.3 Å². The second-order valence-corrected chi connectivity index (χ2v) is 9.55. The number of nitrogen functional groups attached to an aromatic ring is 1. The minimum atomic E-state index is 0.404. The molecule has 1 saturated carbocycles. The molecule has 1 aromatic carbocycles. The lowest BCUT2D eigenvalue weighted by Crippen LogP contribution is -2.21. The molecular formula is C28H30N6. The van der Waals surface area contributed by atoms with Crippen LogP contribution in [0.3, 0.4) is 0 Å². The second-order valence-electron chi connectivity index (χ2n) is 9.55. The maximum atomic E-state index is 6.40. The number of pyridine rings is 1. The van der Waals surface area contributed by atoms with Crippen molar-refractivity contribution in [2.45, 2.75) is 44.4 Å². The van der Waals surface area contributed by atoms with Gasteiger partial charge in [-0.2, -0.15) is 0 Å². The van der Waals surface area contributed by atoms with Crippen LogP contribution in [-0.4, -0.2) is 25.9 Å². The predicted octanol–water partition coefficient (Wildman–Crippen LogP) is 5.49. The van der Waals surface area contributed by atoms with Crippen molar-refractivity contribution in [1.29, 1.82) is 0 Å². The van der Waals surface area contributed by atoms with Gasteiger partial charge in [0.05, 0.1) is 11.2 Å². The van der Waals surface area contributed by atoms with E-state index in [9.17, 15) is 0 Å². The zero-order valence-corrected chi connectivity index (χ0v) is 19.3. The highest BCUT2D eigenvalue weighted by Gasteiger charge is 2.27. The molecule has 3 aromatic heterocycles. The van der Waals surface area contributed by atoms with E-state index < -0.39 is 0 Å². The molecule has 3 heterocycles. The summed E-state index contributed by atoms with van der Waals surface area (Å²) in [6.07, 6.45) is 17.1. The molecule has 6 heteroatoms. The van der Waals surface area contributed by atoms with E-state index in [1.165, 1.54) is 5.57 Å². The molecular weight excluding hydrogens is 420 g/mol. The molecule has 6 nitrogen and oxygen atoms in total. The van der Waals surface area contributed by atoms with Crippen molar-refractivity contribution in [3.63, 3.8) is 0 Å². The Kier molecular flexibility index (Phi) is 5.38. The molecule has 0 bridgehead atoms. The van der Waals surface area contributed by atoms with Gasteiger partial charge in [0.15, 0.2) is 0 Å². The van der Waals surface area contributed by atoms with E-state index in [0.29, 0.717) is 17.7 Å². The summed E-state index contributed by atoms with van der Waals surface area (Å²) in [5, 5.41) is 1.11. The van der Waals surface area contributed by atoms with Gasteiger partial charge in [-0.15, -0.1) is 0 Å². The molecule has 34 heavy (non-hydrogen) atoms. The molecule has 172 valence electrons. The lowest BCUT2D eigenvalue weighted by atomic mass is 9.81. The third-order valence-electron chi connectivity index (χ3n) is 7.41. The Morgan fingerprint density at radius 1 is 1.00 bits per heavy atom. The molecule has 0 aliphatic heterocycles. The number of allylic oxidation sites excluding steroid dienone is 4. The first kappa shape index (κ1) is 21.1. The van der Waals surface area contributed by atoms with Crippen LogP contribution >= 0.6 is 0 Å². The first-order valence-electron chi connectivity index (χ1n) is 12.3. The average Bonchev–Trinajstić information content (AvgIpc) is 3.30. The largest absolute Gasteiger partial charge is 0.382 e. The standard InChI is InChI=1S/C28H30N6/c29-17-18-6-8-21(9-7-18)28-33-25(26-27(30)31-14-15-34(26)28)22-11-10-20-12-13-23(32-24(20)16-22)19-4-2-1-3-5-19/h2,4-5,10-16,18,21H,1,3,6-9,17,29H2,(H2,30,31). The minimum Gasteiger partial charge on any atom is -0.382 e. The van der Waals surface area contributed by atoms with E-state index in [4.69, 9.17) is 21.4 Å². The summed E-state index contributed by atoms with van der Waals surface area (Å²) in [5.74, 6) is 2.62. The summed E-state index contributed by atoms with van der Waals surface area (Å²) in [7, 11) is 0. The van der Waals surface area contributed by atoms with Crippen LogP contribution < -0.4 is 11.5 Å². The number of hydrogen-bond acceptors (Lipinski definition) is 5. The Labute approximate surface area is 199 Å². The molecule has 6 rings (SSSR count). The summed E-state index contributed by atoms with van der Waals surface area (Å²) in [6, 6.07) is 10.6. The van der Waals surface area contributed by atoms with Crippen molar-refractivity contribution in [1.82, 2.24) is 19.4 Å². The highest BCUT2D eigenvalue weighted by atomic mass is 15.1. The fourth-order valence-electron chi connectivity index (χ4n) is 5.46. The van der Waals surface area contributed by atoms with Gasteiger partial charge in [-0.1, -0.05) is 36.4 Å². The number of anilines is 1. The average molecular weight is 451 g/mol. The van der Waals surface area contributed by atoms with E-state index in [2.05, 4.69) is 57.9 Å². The summed E-state index contributed by atoms with van der Waals surface area (Å²) in [5.41, 5.74) is 18.3. The van der Waals surface area contributed by atoms with Crippen molar-refractivity contribution < 1.29 is 0 Å². The number of fused-ring (bicyclic) bond motifs is 2. The first-order chi connectivity index (χ1) is 16.7. The van der Waals surface area contributed by atoms with Crippen LogP contribution in [0.2, 0.25) is 0 Å². The van der Waals surface area contributed by atoms with Gasteiger partial charge in [-0.05, 0) is 68.7 Å². The Bertz CT molecular complexity index is 1420. The third-order valence-corrected chi connectivity index (χ3v) is 7.41. The van der Waals surface area contributed by atoms with Crippen LogP contribution in [0.4, 0.5) is 5.82 Å². The number of nitrogens with zero attached hydrogens (tertiary/aromatic N) is 4. The molecule has 0 saturated heterocycles. The molecule has 2 aliphatic carbocycles. The fourth-order valence-corrected chi connectivity index (χ4v) is 5.46. The van der Waals surface area contributed by atoms with Crippen molar-refractivity contribution in [3.05, 3.63) is 72.5 Å². The third kappa shape index (κ3) is 3.68. The topological polar surface area (TPSA) is 95.1 Å². The minimum absolute atomic E-state index is 0.404. The van der Waals surface area contributed by atoms with E-state index in [1.807, 2.05) is 6.20 Å². The number of rotatable bonds is 4. The van der Waals surface area contributed by atoms with Crippen LogP contribution in [0.25, 0.3) is 33.3 Å². The smallest absolute Gasteiger partial charge is 0.150 e. The van der Waals surface area contributed by atoms with Crippen LogP contribution in [-0.2, 0) is 0 Å². The van der Waals surface area contributed by atoms with Crippen LogP contribution in [0.15, 0.2) is 61.0 Å². The van der Waals surface area contributed by atoms with Crippen molar-refractivity contribution in [3.8, 4) is 11.3 Å². The molecule has 0 unspecified atom stereocenters. The molecule has 4 aromatic rings. The lowest BCUT2D eigenvalue weighted by molar-refractivity contribution is 0.325. The summed E-state index contributed by atoms with van der Waals surface area (Å²) < 4.78 is 2.15. The van der Waals surface area contributed by atoms with Gasteiger partial charge in [-0.25, -0.2) is 15.0 Å². The quantitative estimate of drug-likeness (QED) is 0.428. The maximum absolute atomic E-state index is 6.40. The zero-order valence-electron chi connectivity index (χ0n) is 19.3. The van der Waals surface area contributed by atoms with E-state index in [1.54, 1.807) is 6.20 Å². The highest BCUT2D eigenvalue weighted by Crippen LogP contribution is 2.38. The number of hydrogen-bond donors (Lipinski definition) is 2. The van der Waals surface area contributed by atoms with Gasteiger partial charge in [0.25, 0.3) is 0 Å². The summed E-state index contributed by atoms with van der Waals surface area (Å²) in [4.78, 5) is 14.5. The summed E-state index contributed by atoms with van der Waals surface area (Å²) in [6.45, 7) is 0.774. The lowest BCUT2D eigenvalue weighted by Gasteiger charge is -2.26. The van der Waals surface area contributed by atoms with Crippen molar-refractivity contribution in [2.24, 2.45) is 11.7 Å². The molecule has 1 fully saturated rings.